The second-order valence-corrected chi connectivity index (χ2v) is 5.77. The van der Waals surface area contributed by atoms with Crippen molar-refractivity contribution in [3.63, 3.8) is 0 Å². The van der Waals surface area contributed by atoms with E-state index in [4.69, 9.17) is 0 Å². The zero-order valence-corrected chi connectivity index (χ0v) is 12.3. The van der Waals surface area contributed by atoms with Crippen LogP contribution in [0.3, 0.4) is 0 Å². The molecule has 0 aliphatic heterocycles. The number of hydrogen-bond donors (Lipinski definition) is 2. The van der Waals surface area contributed by atoms with E-state index >= 15 is 0 Å². The average Bonchev–Trinajstić information content (AvgIpc) is 3.06. The Kier molecular flexibility index (Phi) is 3.52. The fourth-order valence-electron chi connectivity index (χ4n) is 2.04. The summed E-state index contributed by atoms with van der Waals surface area (Å²) in [6, 6.07) is 8.33. The van der Waals surface area contributed by atoms with E-state index < -0.39 is 0 Å². The maximum Gasteiger partial charge on any atom is 0.0901 e. The molecule has 2 N–H and O–H groups in total. The first-order chi connectivity index (χ1) is 9.72. The van der Waals surface area contributed by atoms with Crippen LogP contribution in [0.1, 0.15) is 16.3 Å². The van der Waals surface area contributed by atoms with Gasteiger partial charge in [-0.3, -0.25) is 5.10 Å². The van der Waals surface area contributed by atoms with Crippen molar-refractivity contribution in [1.29, 1.82) is 0 Å². The van der Waals surface area contributed by atoms with Gasteiger partial charge in [0.2, 0.25) is 0 Å². The van der Waals surface area contributed by atoms with Gasteiger partial charge in [-0.05, 0) is 26.0 Å². The number of aromatic amines is 1. The number of aromatic nitrogens is 3. The Morgan fingerprint density at radius 3 is 2.90 bits per heavy atom. The molecule has 0 aliphatic carbocycles. The van der Waals surface area contributed by atoms with Crippen LogP contribution in [0.4, 0.5) is 5.69 Å². The SMILES string of the molecule is Cc1nc(-c2cccc(NCc3cn[nH]c3C)c2)cs1. The predicted molar refractivity (Wildman–Crippen MR) is 82.9 cm³/mol. The van der Waals surface area contributed by atoms with Crippen molar-refractivity contribution < 1.29 is 0 Å². The topological polar surface area (TPSA) is 53.6 Å². The third-order valence-electron chi connectivity index (χ3n) is 3.19. The van der Waals surface area contributed by atoms with Gasteiger partial charge in [0.25, 0.3) is 0 Å². The molecule has 0 atom stereocenters. The van der Waals surface area contributed by atoms with E-state index in [-0.39, 0.29) is 0 Å². The van der Waals surface area contributed by atoms with Crippen LogP contribution >= 0.6 is 11.3 Å². The van der Waals surface area contributed by atoms with Gasteiger partial charge in [0.15, 0.2) is 0 Å². The highest BCUT2D eigenvalue weighted by Crippen LogP contribution is 2.24. The summed E-state index contributed by atoms with van der Waals surface area (Å²) in [6.45, 7) is 4.82. The molecule has 0 amide bonds. The quantitative estimate of drug-likeness (QED) is 0.767. The van der Waals surface area contributed by atoms with Crippen molar-refractivity contribution in [1.82, 2.24) is 15.2 Å². The molecule has 0 saturated carbocycles. The van der Waals surface area contributed by atoms with Crippen LogP contribution in [-0.2, 0) is 6.54 Å². The van der Waals surface area contributed by atoms with Gasteiger partial charge in [-0.15, -0.1) is 11.3 Å². The molecule has 5 heteroatoms. The Labute approximate surface area is 121 Å². The summed E-state index contributed by atoms with van der Waals surface area (Å²) < 4.78 is 0. The summed E-state index contributed by atoms with van der Waals surface area (Å²) in [7, 11) is 0. The van der Waals surface area contributed by atoms with E-state index in [1.807, 2.05) is 20.0 Å². The number of benzene rings is 1. The summed E-state index contributed by atoms with van der Waals surface area (Å²) in [5.41, 5.74) is 5.55. The fraction of sp³-hybridized carbons (Fsp3) is 0.200. The van der Waals surface area contributed by atoms with Crippen LogP contribution in [0.25, 0.3) is 11.3 Å². The molecule has 0 radical (unpaired) electrons. The van der Waals surface area contributed by atoms with Crippen molar-refractivity contribution in [2.24, 2.45) is 0 Å². The molecule has 1 aromatic carbocycles. The zero-order chi connectivity index (χ0) is 13.9. The monoisotopic (exact) mass is 284 g/mol. The molecule has 3 rings (SSSR count). The summed E-state index contributed by atoms with van der Waals surface area (Å²) in [5.74, 6) is 0. The molecule has 0 bridgehead atoms. The number of anilines is 1. The van der Waals surface area contributed by atoms with Gasteiger partial charge in [-0.1, -0.05) is 12.1 Å². The van der Waals surface area contributed by atoms with Crippen LogP contribution < -0.4 is 5.32 Å². The summed E-state index contributed by atoms with van der Waals surface area (Å²) >= 11 is 1.67. The lowest BCUT2D eigenvalue weighted by molar-refractivity contribution is 1.04. The third kappa shape index (κ3) is 2.72. The molecule has 2 aromatic heterocycles. The largest absolute Gasteiger partial charge is 0.381 e. The second-order valence-electron chi connectivity index (χ2n) is 4.71. The average molecular weight is 284 g/mol. The molecule has 0 fully saturated rings. The number of rotatable bonds is 4. The molecule has 20 heavy (non-hydrogen) atoms. The maximum absolute atomic E-state index is 4.52. The van der Waals surface area contributed by atoms with Crippen molar-refractivity contribution in [3.05, 3.63) is 52.1 Å². The van der Waals surface area contributed by atoms with Gasteiger partial charge >= 0.3 is 0 Å². The van der Waals surface area contributed by atoms with E-state index in [2.05, 4.69) is 50.1 Å². The van der Waals surface area contributed by atoms with Crippen LogP contribution in [0, 0.1) is 13.8 Å². The highest BCUT2D eigenvalue weighted by molar-refractivity contribution is 7.09. The minimum Gasteiger partial charge on any atom is -0.381 e. The summed E-state index contributed by atoms with van der Waals surface area (Å²) in [6.07, 6.45) is 1.86. The first kappa shape index (κ1) is 12.9. The van der Waals surface area contributed by atoms with Crippen molar-refractivity contribution >= 4 is 17.0 Å². The molecule has 0 aliphatic rings. The number of thiazole rings is 1. The van der Waals surface area contributed by atoms with Gasteiger partial charge < -0.3 is 5.32 Å². The molecule has 4 nitrogen and oxygen atoms in total. The lowest BCUT2D eigenvalue weighted by Gasteiger charge is -2.07. The van der Waals surface area contributed by atoms with Crippen molar-refractivity contribution in [2.45, 2.75) is 20.4 Å². The molecular weight excluding hydrogens is 268 g/mol. The molecule has 0 spiro atoms. The first-order valence-electron chi connectivity index (χ1n) is 6.47. The fourth-order valence-corrected chi connectivity index (χ4v) is 2.66. The molecule has 2 heterocycles. The standard InChI is InChI=1S/C15H16N4S/c1-10-13(8-17-19-10)7-16-14-5-3-4-12(6-14)15-9-20-11(2)18-15/h3-6,8-9,16H,7H2,1-2H3,(H,17,19). The van der Waals surface area contributed by atoms with Gasteiger partial charge in [-0.25, -0.2) is 4.98 Å². The van der Waals surface area contributed by atoms with Gasteiger partial charge in [0.1, 0.15) is 0 Å². The van der Waals surface area contributed by atoms with Gasteiger partial charge in [0.05, 0.1) is 16.9 Å². The van der Waals surface area contributed by atoms with E-state index in [9.17, 15) is 0 Å². The van der Waals surface area contributed by atoms with E-state index in [0.717, 1.165) is 34.2 Å². The highest BCUT2D eigenvalue weighted by atomic mass is 32.1. The minimum absolute atomic E-state index is 0.766. The van der Waals surface area contributed by atoms with Crippen molar-refractivity contribution in [2.75, 3.05) is 5.32 Å². The molecule has 102 valence electrons. The predicted octanol–water partition coefficient (Wildman–Crippen LogP) is 3.76. The minimum atomic E-state index is 0.766. The van der Waals surface area contributed by atoms with E-state index in [0.29, 0.717) is 0 Å². The number of nitrogens with one attached hydrogen (secondary N) is 2. The van der Waals surface area contributed by atoms with Gasteiger partial charge in [-0.2, -0.15) is 5.10 Å². The lowest BCUT2D eigenvalue weighted by atomic mass is 10.1. The van der Waals surface area contributed by atoms with E-state index in [1.165, 1.54) is 5.56 Å². The number of aryl methyl sites for hydroxylation is 2. The molecule has 0 saturated heterocycles. The van der Waals surface area contributed by atoms with Crippen LogP contribution in [0.2, 0.25) is 0 Å². The Morgan fingerprint density at radius 1 is 1.30 bits per heavy atom. The Balaban J connectivity index is 1.76. The maximum atomic E-state index is 4.52. The van der Waals surface area contributed by atoms with Crippen molar-refractivity contribution in [3.8, 4) is 11.3 Å². The molecular formula is C15H16N4S. The Bertz CT molecular complexity index is 714. The summed E-state index contributed by atoms with van der Waals surface area (Å²) in [4.78, 5) is 4.52. The highest BCUT2D eigenvalue weighted by Gasteiger charge is 2.04. The smallest absolute Gasteiger partial charge is 0.0901 e. The Hall–Kier alpha value is -2.14. The summed E-state index contributed by atoms with van der Waals surface area (Å²) in [5, 5.41) is 13.6. The first-order valence-corrected chi connectivity index (χ1v) is 7.35. The second kappa shape index (κ2) is 5.46. The third-order valence-corrected chi connectivity index (χ3v) is 3.97. The number of hydrogen-bond acceptors (Lipinski definition) is 4. The van der Waals surface area contributed by atoms with Crippen LogP contribution in [-0.4, -0.2) is 15.2 Å². The number of nitrogens with zero attached hydrogens (tertiary/aromatic N) is 2. The Morgan fingerprint density at radius 2 is 2.20 bits per heavy atom. The van der Waals surface area contributed by atoms with Crippen LogP contribution in [0.5, 0.6) is 0 Å². The zero-order valence-electron chi connectivity index (χ0n) is 11.5. The molecule has 3 aromatic rings. The number of H-pyrrole nitrogens is 1. The normalized spacial score (nSPS) is 10.7. The van der Waals surface area contributed by atoms with E-state index in [1.54, 1.807) is 11.3 Å². The molecule has 0 unspecified atom stereocenters. The van der Waals surface area contributed by atoms with Gasteiger partial charge in [0, 0.05) is 34.4 Å². The lowest BCUT2D eigenvalue weighted by Crippen LogP contribution is -1.99. The van der Waals surface area contributed by atoms with Crippen LogP contribution in [0.15, 0.2) is 35.8 Å².